The molecule has 0 heterocycles. The van der Waals surface area contributed by atoms with Gasteiger partial charge in [-0.3, -0.25) is 4.99 Å². The van der Waals surface area contributed by atoms with Gasteiger partial charge in [0.25, 0.3) is 0 Å². The van der Waals surface area contributed by atoms with E-state index in [1.54, 1.807) is 21.3 Å². The van der Waals surface area contributed by atoms with Crippen LogP contribution in [-0.4, -0.2) is 33.8 Å². The van der Waals surface area contributed by atoms with E-state index in [4.69, 9.17) is 9.47 Å². The smallest absolute Gasteiger partial charge is 0.191 e. The number of hydrogen-bond acceptors (Lipinski definition) is 3. The minimum atomic E-state index is 0.651. The van der Waals surface area contributed by atoms with Crippen molar-refractivity contribution in [1.82, 2.24) is 10.6 Å². The fourth-order valence-corrected chi connectivity index (χ4v) is 2.62. The highest BCUT2D eigenvalue weighted by Gasteiger charge is 2.05. The normalized spacial score (nSPS) is 11.1. The Balaban J connectivity index is 1.87. The average Bonchev–Trinajstić information content (AvgIpc) is 2.65. The van der Waals surface area contributed by atoms with Gasteiger partial charge < -0.3 is 20.1 Å². The molecule has 2 aromatic rings. The van der Waals surface area contributed by atoms with Gasteiger partial charge >= 0.3 is 0 Å². The minimum absolute atomic E-state index is 0.651. The first-order valence-corrected chi connectivity index (χ1v) is 8.38. The van der Waals surface area contributed by atoms with Gasteiger partial charge in [-0.05, 0) is 36.6 Å². The zero-order chi connectivity index (χ0) is 18.1. The second kappa shape index (κ2) is 9.57. The molecule has 0 atom stereocenters. The van der Waals surface area contributed by atoms with Crippen molar-refractivity contribution in [2.24, 2.45) is 4.99 Å². The maximum atomic E-state index is 5.44. The van der Waals surface area contributed by atoms with Crippen molar-refractivity contribution < 1.29 is 9.47 Å². The Labute approximate surface area is 150 Å². The number of rotatable bonds is 7. The summed E-state index contributed by atoms with van der Waals surface area (Å²) in [6.45, 7) is 3.47. The van der Waals surface area contributed by atoms with Crippen LogP contribution in [0, 0.1) is 6.92 Å². The van der Waals surface area contributed by atoms with Crippen molar-refractivity contribution in [1.29, 1.82) is 0 Å². The molecule has 0 bridgehead atoms. The minimum Gasteiger partial charge on any atom is -0.496 e. The summed E-state index contributed by atoms with van der Waals surface area (Å²) in [7, 11) is 5.16. The van der Waals surface area contributed by atoms with Crippen LogP contribution in [0.15, 0.2) is 47.5 Å². The van der Waals surface area contributed by atoms with Crippen molar-refractivity contribution in [3.63, 3.8) is 0 Å². The van der Waals surface area contributed by atoms with Gasteiger partial charge in [-0.15, -0.1) is 0 Å². The fourth-order valence-electron chi connectivity index (χ4n) is 2.62. The SMILES string of the molecule is CN=C(NCCc1ccccc1OC)NCc1ccc(C)cc1OC. The first kappa shape index (κ1) is 18.6. The molecule has 0 aliphatic carbocycles. The predicted octanol–water partition coefficient (Wildman–Crippen LogP) is 2.92. The number of hydrogen-bond donors (Lipinski definition) is 2. The molecule has 0 spiro atoms. The lowest BCUT2D eigenvalue weighted by atomic mass is 10.1. The Hall–Kier alpha value is -2.69. The molecule has 0 aliphatic rings. The summed E-state index contributed by atoms with van der Waals surface area (Å²) in [6.07, 6.45) is 0.860. The molecule has 2 N–H and O–H groups in total. The summed E-state index contributed by atoms with van der Waals surface area (Å²) < 4.78 is 10.8. The maximum absolute atomic E-state index is 5.44. The number of aryl methyl sites for hydroxylation is 1. The second-order valence-corrected chi connectivity index (χ2v) is 5.73. The van der Waals surface area contributed by atoms with E-state index in [2.05, 4.69) is 40.7 Å². The van der Waals surface area contributed by atoms with Gasteiger partial charge in [0.2, 0.25) is 0 Å². The lowest BCUT2D eigenvalue weighted by Crippen LogP contribution is -2.37. The first-order valence-electron chi connectivity index (χ1n) is 8.38. The summed E-state index contributed by atoms with van der Waals surface area (Å²) in [5.74, 6) is 2.56. The van der Waals surface area contributed by atoms with Gasteiger partial charge in [0.1, 0.15) is 11.5 Å². The van der Waals surface area contributed by atoms with Crippen molar-refractivity contribution in [2.75, 3.05) is 27.8 Å². The Bertz CT molecular complexity index is 714. The molecular formula is C20H27N3O2. The van der Waals surface area contributed by atoms with Gasteiger partial charge in [-0.25, -0.2) is 0 Å². The van der Waals surface area contributed by atoms with Crippen molar-refractivity contribution in [3.8, 4) is 11.5 Å². The van der Waals surface area contributed by atoms with E-state index < -0.39 is 0 Å². The molecule has 0 radical (unpaired) electrons. The topological polar surface area (TPSA) is 54.9 Å². The highest BCUT2D eigenvalue weighted by molar-refractivity contribution is 5.79. The highest BCUT2D eigenvalue weighted by atomic mass is 16.5. The van der Waals surface area contributed by atoms with Gasteiger partial charge in [-0.1, -0.05) is 30.3 Å². The van der Waals surface area contributed by atoms with Gasteiger partial charge in [0, 0.05) is 25.7 Å². The van der Waals surface area contributed by atoms with Crippen LogP contribution < -0.4 is 20.1 Å². The standard InChI is InChI=1S/C20H27N3O2/c1-15-9-10-17(19(13-15)25-4)14-23-20(21-2)22-12-11-16-7-5-6-8-18(16)24-3/h5-10,13H,11-12,14H2,1-4H3,(H2,21,22,23). The van der Waals surface area contributed by atoms with E-state index in [-0.39, 0.29) is 0 Å². The van der Waals surface area contributed by atoms with Gasteiger partial charge in [-0.2, -0.15) is 0 Å². The van der Waals surface area contributed by atoms with Crippen LogP contribution in [0.1, 0.15) is 16.7 Å². The molecule has 2 rings (SSSR count). The second-order valence-electron chi connectivity index (χ2n) is 5.73. The Kier molecular flexibility index (Phi) is 7.14. The molecule has 0 amide bonds. The number of para-hydroxylation sites is 1. The van der Waals surface area contributed by atoms with Gasteiger partial charge in [0.05, 0.1) is 14.2 Å². The van der Waals surface area contributed by atoms with E-state index in [9.17, 15) is 0 Å². The molecule has 0 saturated heterocycles. The van der Waals surface area contributed by atoms with Crippen LogP contribution in [-0.2, 0) is 13.0 Å². The van der Waals surface area contributed by atoms with E-state index >= 15 is 0 Å². The van der Waals surface area contributed by atoms with Crippen LogP contribution in [0.3, 0.4) is 0 Å². The van der Waals surface area contributed by atoms with E-state index in [1.165, 1.54) is 11.1 Å². The number of ether oxygens (including phenoxy) is 2. The molecule has 25 heavy (non-hydrogen) atoms. The largest absolute Gasteiger partial charge is 0.496 e. The molecule has 0 saturated carbocycles. The Morgan fingerprint density at radius 2 is 1.72 bits per heavy atom. The van der Waals surface area contributed by atoms with Crippen molar-refractivity contribution in [2.45, 2.75) is 19.9 Å². The zero-order valence-electron chi connectivity index (χ0n) is 15.4. The Morgan fingerprint density at radius 1 is 0.960 bits per heavy atom. The number of benzene rings is 2. The number of nitrogens with zero attached hydrogens (tertiary/aromatic N) is 1. The van der Waals surface area contributed by atoms with Crippen LogP contribution in [0.5, 0.6) is 11.5 Å². The van der Waals surface area contributed by atoms with Gasteiger partial charge in [0.15, 0.2) is 5.96 Å². The van der Waals surface area contributed by atoms with Crippen LogP contribution in [0.2, 0.25) is 0 Å². The molecule has 2 aromatic carbocycles. The molecule has 0 aliphatic heterocycles. The number of methoxy groups -OCH3 is 2. The maximum Gasteiger partial charge on any atom is 0.191 e. The summed E-state index contributed by atoms with van der Waals surface area (Å²) in [5, 5.41) is 6.65. The van der Waals surface area contributed by atoms with Crippen LogP contribution >= 0.6 is 0 Å². The quantitative estimate of drug-likeness (QED) is 0.601. The van der Waals surface area contributed by atoms with Crippen LogP contribution in [0.4, 0.5) is 0 Å². The molecule has 5 nitrogen and oxygen atoms in total. The fraction of sp³-hybridized carbons (Fsp3) is 0.350. The summed E-state index contributed by atoms with van der Waals surface area (Å²) in [4.78, 5) is 4.27. The van der Waals surface area contributed by atoms with Crippen molar-refractivity contribution >= 4 is 5.96 Å². The lowest BCUT2D eigenvalue weighted by Gasteiger charge is -2.15. The number of guanidine groups is 1. The van der Waals surface area contributed by atoms with E-state index in [1.807, 2.05) is 24.3 Å². The zero-order valence-corrected chi connectivity index (χ0v) is 15.4. The summed E-state index contributed by atoms with van der Waals surface area (Å²) in [6, 6.07) is 14.2. The summed E-state index contributed by atoms with van der Waals surface area (Å²) >= 11 is 0. The van der Waals surface area contributed by atoms with Crippen LogP contribution in [0.25, 0.3) is 0 Å². The Morgan fingerprint density at radius 3 is 2.44 bits per heavy atom. The third kappa shape index (κ3) is 5.41. The molecular weight excluding hydrogens is 314 g/mol. The average molecular weight is 341 g/mol. The lowest BCUT2D eigenvalue weighted by molar-refractivity contribution is 0.408. The molecule has 134 valence electrons. The molecule has 5 heteroatoms. The first-order chi connectivity index (χ1) is 12.2. The van der Waals surface area contributed by atoms with Crippen molar-refractivity contribution in [3.05, 3.63) is 59.2 Å². The number of nitrogens with one attached hydrogen (secondary N) is 2. The molecule has 0 unspecified atom stereocenters. The third-order valence-corrected chi connectivity index (χ3v) is 3.99. The highest BCUT2D eigenvalue weighted by Crippen LogP contribution is 2.19. The predicted molar refractivity (Wildman–Crippen MR) is 103 cm³/mol. The number of aliphatic imine (C=N–C) groups is 1. The summed E-state index contributed by atoms with van der Waals surface area (Å²) in [5.41, 5.74) is 3.45. The monoisotopic (exact) mass is 341 g/mol. The third-order valence-electron chi connectivity index (χ3n) is 3.99. The van der Waals surface area contributed by atoms with E-state index in [0.29, 0.717) is 6.54 Å². The molecule has 0 fully saturated rings. The molecule has 0 aromatic heterocycles. The van der Waals surface area contributed by atoms with E-state index in [0.717, 1.165) is 36.0 Å².